The summed E-state index contributed by atoms with van der Waals surface area (Å²) < 4.78 is 40.8. The lowest BCUT2D eigenvalue weighted by Gasteiger charge is -2.19. The van der Waals surface area contributed by atoms with E-state index >= 15 is 0 Å². The molecule has 12 heteroatoms. The number of hydrogen-bond acceptors (Lipinski definition) is 6. The van der Waals surface area contributed by atoms with Crippen molar-refractivity contribution < 1.29 is 27.9 Å². The minimum atomic E-state index is -1.01. The number of rotatable bonds is 5. The van der Waals surface area contributed by atoms with Gasteiger partial charge in [0.05, 0.1) is 18.1 Å². The van der Waals surface area contributed by atoms with Crippen molar-refractivity contribution in [3.8, 4) is 16.3 Å². The number of aromatic hydroxyl groups is 1. The maximum atomic E-state index is 14.1. The molecular weight excluding hydrogens is 481 g/mol. The molecule has 5 rings (SSSR count). The minimum Gasteiger partial charge on any atom is -0.504 e. The van der Waals surface area contributed by atoms with Crippen molar-refractivity contribution in [2.45, 2.75) is 31.5 Å². The minimum absolute atomic E-state index is 0.0184. The maximum Gasteiger partial charge on any atom is 0.328 e. The van der Waals surface area contributed by atoms with Crippen LogP contribution in [-0.2, 0) is 17.9 Å². The van der Waals surface area contributed by atoms with Crippen LogP contribution in [0.4, 0.5) is 18.0 Å². The summed E-state index contributed by atoms with van der Waals surface area (Å²) in [6.45, 7) is -0.330. The van der Waals surface area contributed by atoms with E-state index < -0.39 is 40.7 Å². The van der Waals surface area contributed by atoms with Gasteiger partial charge in [-0.15, -0.1) is 10.2 Å². The number of amides is 3. The summed E-state index contributed by atoms with van der Waals surface area (Å²) in [5, 5.41) is 18.3. The van der Waals surface area contributed by atoms with Gasteiger partial charge in [-0.25, -0.2) is 18.0 Å². The molecule has 1 aromatic heterocycles. The molecule has 3 amide bonds. The molecule has 1 aliphatic carbocycles. The van der Waals surface area contributed by atoms with Gasteiger partial charge in [-0.1, -0.05) is 29.0 Å². The summed E-state index contributed by atoms with van der Waals surface area (Å²) in [6.07, 6.45) is 0.923. The molecule has 3 aromatic rings. The van der Waals surface area contributed by atoms with E-state index in [9.17, 15) is 27.9 Å². The van der Waals surface area contributed by atoms with Gasteiger partial charge >= 0.3 is 6.03 Å². The van der Waals surface area contributed by atoms with Gasteiger partial charge in [0.25, 0.3) is 5.91 Å². The second-order valence-corrected chi connectivity index (χ2v) is 9.23. The van der Waals surface area contributed by atoms with Gasteiger partial charge in [0, 0.05) is 17.2 Å². The zero-order valence-corrected chi connectivity index (χ0v) is 18.3. The van der Waals surface area contributed by atoms with Crippen molar-refractivity contribution >= 4 is 34.9 Å². The van der Waals surface area contributed by atoms with Crippen LogP contribution in [0.25, 0.3) is 10.6 Å². The van der Waals surface area contributed by atoms with E-state index in [2.05, 4.69) is 10.2 Å². The van der Waals surface area contributed by atoms with Crippen LogP contribution in [0, 0.1) is 17.5 Å². The first-order chi connectivity index (χ1) is 15.7. The monoisotopic (exact) mass is 494 g/mol. The van der Waals surface area contributed by atoms with Crippen LogP contribution in [0.15, 0.2) is 30.3 Å². The molecule has 2 aromatic carbocycles. The molecule has 1 saturated carbocycles. The Balaban J connectivity index is 1.39. The van der Waals surface area contributed by atoms with Gasteiger partial charge in [-0.3, -0.25) is 9.69 Å². The highest BCUT2D eigenvalue weighted by Crippen LogP contribution is 2.49. The molecule has 0 radical (unpaired) electrons. The molecule has 170 valence electrons. The van der Waals surface area contributed by atoms with Gasteiger partial charge in [-0.2, -0.15) is 0 Å². The largest absolute Gasteiger partial charge is 0.504 e. The fourth-order valence-corrected chi connectivity index (χ4v) is 4.99. The number of benzene rings is 2. The fraction of sp³-hybridized carbons (Fsp3) is 0.238. The number of imide groups is 1. The normalized spacial score (nSPS) is 16.8. The molecule has 33 heavy (non-hydrogen) atoms. The standard InChI is InChI=1S/C21H14ClF3N4O3S/c22-16-12(3-4-13(24)17(16)30)18-27-26-15(33-18)9-29-20(32)28(19(31)21(29)5-6-21)8-10-1-2-11(23)7-14(10)25/h1-4,7,30H,5-6,8-9H2. The molecule has 1 N–H and O–H groups in total. The summed E-state index contributed by atoms with van der Waals surface area (Å²) >= 11 is 7.08. The molecule has 7 nitrogen and oxygen atoms in total. The van der Waals surface area contributed by atoms with Crippen LogP contribution in [0.3, 0.4) is 0 Å². The highest BCUT2D eigenvalue weighted by Gasteiger charge is 2.64. The highest BCUT2D eigenvalue weighted by atomic mass is 35.5. The Morgan fingerprint density at radius 1 is 1.06 bits per heavy atom. The second kappa shape index (κ2) is 7.70. The number of urea groups is 1. The van der Waals surface area contributed by atoms with Crippen molar-refractivity contribution in [3.63, 3.8) is 0 Å². The average Bonchev–Trinajstić information content (AvgIpc) is 3.41. The van der Waals surface area contributed by atoms with Crippen LogP contribution in [0.1, 0.15) is 23.4 Å². The highest BCUT2D eigenvalue weighted by molar-refractivity contribution is 7.14. The number of carbonyl (C=O) groups is 2. The molecule has 1 spiro atoms. The van der Waals surface area contributed by atoms with E-state index in [1.54, 1.807) is 0 Å². The fourth-order valence-electron chi connectivity index (χ4n) is 3.83. The molecule has 0 atom stereocenters. The first-order valence-electron chi connectivity index (χ1n) is 9.78. The van der Waals surface area contributed by atoms with Crippen LogP contribution in [0.5, 0.6) is 5.75 Å². The number of halogens is 4. The zero-order chi connectivity index (χ0) is 23.5. The lowest BCUT2D eigenvalue weighted by Crippen LogP contribution is -2.36. The van der Waals surface area contributed by atoms with Crippen molar-refractivity contribution in [1.82, 2.24) is 20.0 Å². The molecule has 0 bridgehead atoms. The molecule has 2 aliphatic rings. The second-order valence-electron chi connectivity index (χ2n) is 7.79. The average molecular weight is 495 g/mol. The van der Waals surface area contributed by atoms with Crippen molar-refractivity contribution in [2.24, 2.45) is 0 Å². The molecule has 1 saturated heterocycles. The van der Waals surface area contributed by atoms with Crippen LogP contribution in [0.2, 0.25) is 5.02 Å². The van der Waals surface area contributed by atoms with Crippen molar-refractivity contribution in [1.29, 1.82) is 0 Å². The van der Waals surface area contributed by atoms with Gasteiger partial charge in [0.1, 0.15) is 27.2 Å². The number of hydrogen-bond donors (Lipinski definition) is 1. The van der Waals surface area contributed by atoms with E-state index in [1.807, 2.05) is 0 Å². The molecule has 2 heterocycles. The Kier molecular flexibility index (Phi) is 5.05. The number of carbonyl (C=O) groups excluding carboxylic acids is 2. The maximum absolute atomic E-state index is 14.1. The predicted molar refractivity (Wildman–Crippen MR) is 112 cm³/mol. The summed E-state index contributed by atoms with van der Waals surface area (Å²) in [6, 6.07) is 4.77. The smallest absolute Gasteiger partial charge is 0.328 e. The lowest BCUT2D eigenvalue weighted by atomic mass is 10.2. The van der Waals surface area contributed by atoms with Gasteiger partial charge in [-0.05, 0) is 31.0 Å². The van der Waals surface area contributed by atoms with Crippen molar-refractivity contribution in [2.75, 3.05) is 0 Å². The Morgan fingerprint density at radius 3 is 2.52 bits per heavy atom. The molecular formula is C21H14ClF3N4O3S. The van der Waals surface area contributed by atoms with Crippen LogP contribution in [-0.4, -0.2) is 42.6 Å². The molecule has 1 aliphatic heterocycles. The Hall–Kier alpha value is -3.18. The van der Waals surface area contributed by atoms with E-state index in [1.165, 1.54) is 17.0 Å². The number of phenols is 1. The lowest BCUT2D eigenvalue weighted by molar-refractivity contribution is -0.129. The van der Waals surface area contributed by atoms with E-state index in [0.717, 1.165) is 28.4 Å². The first-order valence-corrected chi connectivity index (χ1v) is 11.0. The predicted octanol–water partition coefficient (Wildman–Crippen LogP) is 4.48. The topological polar surface area (TPSA) is 86.6 Å². The van der Waals surface area contributed by atoms with Gasteiger partial charge in [0.15, 0.2) is 11.6 Å². The van der Waals surface area contributed by atoms with E-state index in [4.69, 9.17) is 11.6 Å². The zero-order valence-electron chi connectivity index (χ0n) is 16.7. The molecule has 0 unspecified atom stereocenters. The van der Waals surface area contributed by atoms with Gasteiger partial charge in [0.2, 0.25) is 0 Å². The number of phenolic OH excluding ortho intramolecular Hbond substituents is 1. The SMILES string of the molecule is O=C1N(Cc2ccc(F)cc2F)C(=O)C2(CC2)N1Cc1nnc(-c2ccc(F)c(O)c2Cl)s1. The third kappa shape index (κ3) is 3.51. The summed E-state index contributed by atoms with van der Waals surface area (Å²) in [7, 11) is 0. The van der Waals surface area contributed by atoms with Gasteiger partial charge < -0.3 is 10.0 Å². The van der Waals surface area contributed by atoms with E-state index in [-0.39, 0.29) is 29.2 Å². The number of aromatic nitrogens is 2. The quantitative estimate of drug-likeness (QED) is 0.529. The summed E-state index contributed by atoms with van der Waals surface area (Å²) in [5.41, 5.74) is -0.706. The Morgan fingerprint density at radius 2 is 1.82 bits per heavy atom. The van der Waals surface area contributed by atoms with E-state index in [0.29, 0.717) is 28.9 Å². The third-order valence-corrected chi connectivity index (χ3v) is 7.07. The number of nitrogens with zero attached hydrogens (tertiary/aromatic N) is 4. The Bertz CT molecular complexity index is 1310. The Labute approximate surface area is 194 Å². The first kappa shape index (κ1) is 21.7. The third-order valence-electron chi connectivity index (χ3n) is 5.75. The summed E-state index contributed by atoms with van der Waals surface area (Å²) in [5.74, 6) is -3.60. The van der Waals surface area contributed by atoms with Crippen LogP contribution < -0.4 is 0 Å². The summed E-state index contributed by atoms with van der Waals surface area (Å²) in [4.78, 5) is 28.4. The van der Waals surface area contributed by atoms with Crippen LogP contribution >= 0.6 is 22.9 Å². The molecule has 2 fully saturated rings. The van der Waals surface area contributed by atoms with Crippen molar-refractivity contribution in [3.05, 3.63) is 63.4 Å².